The Morgan fingerprint density at radius 1 is 1.33 bits per heavy atom. The molecule has 1 aliphatic heterocycles. The van der Waals surface area contributed by atoms with Crippen LogP contribution in [0.25, 0.3) is 5.57 Å². The lowest BCUT2D eigenvalue weighted by Gasteiger charge is -2.23. The summed E-state index contributed by atoms with van der Waals surface area (Å²) >= 11 is 0. The summed E-state index contributed by atoms with van der Waals surface area (Å²) in [6.45, 7) is 7.99. The van der Waals surface area contributed by atoms with Crippen LogP contribution in [0.5, 0.6) is 0 Å². The van der Waals surface area contributed by atoms with Gasteiger partial charge in [0.15, 0.2) is 5.84 Å². The van der Waals surface area contributed by atoms with Gasteiger partial charge in [0, 0.05) is 19.0 Å². The highest BCUT2D eigenvalue weighted by Crippen LogP contribution is 2.36. The third kappa shape index (κ3) is 4.64. The Bertz CT molecular complexity index is 983. The van der Waals surface area contributed by atoms with Gasteiger partial charge in [-0.1, -0.05) is 49.8 Å². The fraction of sp³-hybridized carbons (Fsp3) is 0.333. The maximum atomic E-state index is 12.5. The molecule has 0 fully saturated rings. The van der Waals surface area contributed by atoms with Crippen molar-refractivity contribution in [2.45, 2.75) is 40.3 Å². The molecule has 30 heavy (non-hydrogen) atoms. The number of amidine groups is 1. The molecule has 1 amide bonds. The van der Waals surface area contributed by atoms with E-state index in [0.717, 1.165) is 12.6 Å². The van der Waals surface area contributed by atoms with Gasteiger partial charge in [-0.2, -0.15) is 0 Å². The number of hydrogen-bond acceptors (Lipinski definition) is 3. The normalized spacial score (nSPS) is 19.5. The van der Waals surface area contributed by atoms with Gasteiger partial charge in [-0.3, -0.25) is 10.2 Å². The van der Waals surface area contributed by atoms with Crippen LogP contribution in [-0.4, -0.2) is 35.7 Å². The number of nitrogens with one attached hydrogen (secondary N) is 3. The first kappa shape index (κ1) is 21.4. The van der Waals surface area contributed by atoms with Gasteiger partial charge in [0.25, 0.3) is 0 Å². The average Bonchev–Trinajstić information content (AvgIpc) is 3.19. The monoisotopic (exact) mass is 403 g/mol. The van der Waals surface area contributed by atoms with E-state index in [9.17, 15) is 4.79 Å². The molecule has 0 saturated carbocycles. The van der Waals surface area contributed by atoms with E-state index in [2.05, 4.69) is 67.5 Å². The zero-order chi connectivity index (χ0) is 21.7. The first-order valence-electron chi connectivity index (χ1n) is 10.3. The molecular weight excluding hydrogens is 374 g/mol. The van der Waals surface area contributed by atoms with Crippen molar-refractivity contribution in [1.82, 2.24) is 10.2 Å². The van der Waals surface area contributed by atoms with Gasteiger partial charge in [-0.15, -0.1) is 0 Å². The predicted octanol–water partition coefficient (Wildman–Crippen LogP) is 4.09. The lowest BCUT2D eigenvalue weighted by Crippen LogP contribution is -2.34. The smallest absolute Gasteiger partial charge is 0.242 e. The summed E-state index contributed by atoms with van der Waals surface area (Å²) in [5, 5.41) is 17.0. The molecule has 1 aromatic rings. The van der Waals surface area contributed by atoms with Crippen molar-refractivity contribution in [2.24, 2.45) is 10.9 Å². The van der Waals surface area contributed by atoms with Crippen LogP contribution in [0.4, 0.5) is 0 Å². The summed E-state index contributed by atoms with van der Waals surface area (Å²) in [7, 11) is 0. The molecule has 6 nitrogen and oxygen atoms in total. The van der Waals surface area contributed by atoms with Crippen molar-refractivity contribution in [1.29, 1.82) is 10.8 Å². The fourth-order valence-corrected chi connectivity index (χ4v) is 3.92. The summed E-state index contributed by atoms with van der Waals surface area (Å²) in [6.07, 6.45) is 9.75. The molecule has 1 aromatic carbocycles. The SMILES string of the molecule is CC/C(C)=C1/C=CC=C(c2ccc3c(c2)CN(C(=O)CN/C=N\C(=N)C=N)C3)C1C. The number of benzene rings is 1. The van der Waals surface area contributed by atoms with Crippen molar-refractivity contribution in [3.8, 4) is 0 Å². The molecule has 1 heterocycles. The van der Waals surface area contributed by atoms with Crippen LogP contribution in [-0.2, 0) is 17.9 Å². The zero-order valence-corrected chi connectivity index (χ0v) is 17.8. The first-order chi connectivity index (χ1) is 14.4. The van der Waals surface area contributed by atoms with Crippen LogP contribution in [0.15, 0.2) is 52.6 Å². The fourth-order valence-electron chi connectivity index (χ4n) is 3.92. The predicted molar refractivity (Wildman–Crippen MR) is 123 cm³/mol. The van der Waals surface area contributed by atoms with Gasteiger partial charge >= 0.3 is 0 Å². The second kappa shape index (κ2) is 9.48. The van der Waals surface area contributed by atoms with E-state index in [-0.39, 0.29) is 18.3 Å². The Labute approximate surface area is 178 Å². The minimum Gasteiger partial charge on any atom is -0.367 e. The highest BCUT2D eigenvalue weighted by atomic mass is 16.2. The molecule has 156 valence electrons. The highest BCUT2D eigenvalue weighted by Gasteiger charge is 2.25. The van der Waals surface area contributed by atoms with Crippen LogP contribution in [0, 0.1) is 16.7 Å². The molecule has 1 atom stereocenters. The Morgan fingerprint density at radius 2 is 2.10 bits per heavy atom. The first-order valence-corrected chi connectivity index (χ1v) is 10.3. The second-order valence-electron chi connectivity index (χ2n) is 7.69. The molecular formula is C24H29N5O. The van der Waals surface area contributed by atoms with Gasteiger partial charge in [-0.25, -0.2) is 4.99 Å². The van der Waals surface area contributed by atoms with Crippen LogP contribution in [0.2, 0.25) is 0 Å². The van der Waals surface area contributed by atoms with E-state index in [1.54, 1.807) is 0 Å². The molecule has 0 saturated heterocycles. The van der Waals surface area contributed by atoms with E-state index in [1.165, 1.54) is 39.7 Å². The summed E-state index contributed by atoms with van der Waals surface area (Å²) in [4.78, 5) is 18.0. The topological polar surface area (TPSA) is 92.4 Å². The second-order valence-corrected chi connectivity index (χ2v) is 7.69. The number of allylic oxidation sites excluding steroid dienone is 6. The van der Waals surface area contributed by atoms with Crippen LogP contribution in [0.3, 0.4) is 0 Å². The third-order valence-electron chi connectivity index (χ3n) is 5.81. The number of fused-ring (bicyclic) bond motifs is 1. The lowest BCUT2D eigenvalue weighted by molar-refractivity contribution is -0.130. The van der Waals surface area contributed by atoms with Crippen molar-refractivity contribution in [3.63, 3.8) is 0 Å². The number of carbonyl (C=O) groups excluding carboxylic acids is 1. The van der Waals surface area contributed by atoms with Gasteiger partial charge in [0.2, 0.25) is 5.91 Å². The molecule has 2 aliphatic rings. The van der Waals surface area contributed by atoms with Crippen LogP contribution < -0.4 is 5.32 Å². The largest absolute Gasteiger partial charge is 0.367 e. The number of nitrogens with zero attached hydrogens (tertiary/aromatic N) is 2. The van der Waals surface area contributed by atoms with E-state index in [0.29, 0.717) is 19.0 Å². The Balaban J connectivity index is 1.68. The molecule has 3 N–H and O–H groups in total. The molecule has 6 heteroatoms. The molecule has 1 aliphatic carbocycles. The summed E-state index contributed by atoms with van der Waals surface area (Å²) in [5.74, 6) is 0.178. The molecule has 1 unspecified atom stereocenters. The number of amides is 1. The van der Waals surface area contributed by atoms with Crippen molar-refractivity contribution in [3.05, 3.63) is 64.3 Å². The van der Waals surface area contributed by atoms with Gasteiger partial charge < -0.3 is 15.6 Å². The summed E-state index contributed by atoms with van der Waals surface area (Å²) in [5.41, 5.74) is 7.74. The highest BCUT2D eigenvalue weighted by molar-refractivity contribution is 6.28. The molecule has 0 spiro atoms. The van der Waals surface area contributed by atoms with Gasteiger partial charge in [0.05, 0.1) is 19.1 Å². The van der Waals surface area contributed by atoms with E-state index >= 15 is 0 Å². The standard InChI is InChI=1S/C24H29N5O/c1-4-16(2)21-6-5-7-22(17(21)3)18-8-9-19-13-29(14-20(19)10-18)24(30)12-27-15-28-23(26)11-25/h5-11,15,17,25H,4,12-14H2,1-3H3,(H2,26,27,28)/b21-16-,25-11?. The van der Waals surface area contributed by atoms with Gasteiger partial charge in [0.1, 0.15) is 0 Å². The molecule has 3 rings (SSSR count). The quantitative estimate of drug-likeness (QED) is 0.493. The lowest BCUT2D eigenvalue weighted by atomic mass is 9.81. The maximum Gasteiger partial charge on any atom is 0.242 e. The van der Waals surface area contributed by atoms with E-state index in [1.807, 2.05) is 4.90 Å². The molecule has 0 radical (unpaired) electrons. The Hall–Kier alpha value is -3.28. The van der Waals surface area contributed by atoms with Crippen molar-refractivity contribution >= 4 is 29.9 Å². The summed E-state index contributed by atoms with van der Waals surface area (Å²) in [6, 6.07) is 6.53. The molecule has 0 bridgehead atoms. The minimum absolute atomic E-state index is 0.0162. The number of hydrogen-bond donors (Lipinski definition) is 3. The number of carbonyl (C=O) groups is 1. The van der Waals surface area contributed by atoms with E-state index < -0.39 is 0 Å². The third-order valence-corrected chi connectivity index (χ3v) is 5.81. The number of aliphatic imine (C=N–C) groups is 1. The van der Waals surface area contributed by atoms with Crippen LogP contribution in [0.1, 0.15) is 43.9 Å². The molecule has 0 aromatic heterocycles. The number of rotatable bonds is 6. The van der Waals surface area contributed by atoms with Crippen LogP contribution >= 0.6 is 0 Å². The zero-order valence-electron chi connectivity index (χ0n) is 17.8. The Morgan fingerprint density at radius 3 is 2.83 bits per heavy atom. The maximum absolute atomic E-state index is 12.5. The van der Waals surface area contributed by atoms with Gasteiger partial charge in [-0.05, 0) is 47.2 Å². The van der Waals surface area contributed by atoms with E-state index in [4.69, 9.17) is 10.8 Å². The summed E-state index contributed by atoms with van der Waals surface area (Å²) < 4.78 is 0. The van der Waals surface area contributed by atoms with Crippen molar-refractivity contribution < 1.29 is 4.79 Å². The minimum atomic E-state index is -0.163. The average molecular weight is 404 g/mol. The van der Waals surface area contributed by atoms with Crippen molar-refractivity contribution in [2.75, 3.05) is 6.54 Å². The Kier molecular flexibility index (Phi) is 6.77.